The molecular formula is C14H24N2O2S2. The first-order valence-corrected chi connectivity index (χ1v) is 9.44. The van der Waals surface area contributed by atoms with Crippen molar-refractivity contribution in [2.75, 3.05) is 0 Å². The van der Waals surface area contributed by atoms with Gasteiger partial charge in [0.05, 0.1) is 4.90 Å². The Hall–Kier alpha value is -0.430. The van der Waals surface area contributed by atoms with Crippen LogP contribution < -0.4 is 10.0 Å². The van der Waals surface area contributed by atoms with Gasteiger partial charge in [-0.15, -0.1) is 11.3 Å². The summed E-state index contributed by atoms with van der Waals surface area (Å²) in [5.41, 5.74) is 0. The van der Waals surface area contributed by atoms with Gasteiger partial charge >= 0.3 is 0 Å². The molecule has 1 fully saturated rings. The van der Waals surface area contributed by atoms with Crippen LogP contribution in [-0.4, -0.2) is 20.5 Å². The molecule has 1 aliphatic rings. The standard InChI is InChI=1S/C14H24N2O2S2/c1-9(2)15-8-13-7-14(11(4)19-13)20(17,18)16-10(3)12-5-6-12/h7,9-10,12,15-16H,5-6,8H2,1-4H3. The summed E-state index contributed by atoms with van der Waals surface area (Å²) in [6.07, 6.45) is 2.27. The first-order valence-electron chi connectivity index (χ1n) is 7.14. The Morgan fingerprint density at radius 3 is 2.55 bits per heavy atom. The van der Waals surface area contributed by atoms with Crippen LogP contribution in [0.1, 0.15) is 43.4 Å². The average Bonchev–Trinajstić information content (AvgIpc) is 3.10. The van der Waals surface area contributed by atoms with Crippen LogP contribution in [0.4, 0.5) is 0 Å². The first kappa shape index (κ1) is 15.9. The van der Waals surface area contributed by atoms with Crippen molar-refractivity contribution in [2.45, 2.75) is 64.1 Å². The third-order valence-electron chi connectivity index (χ3n) is 3.57. The lowest BCUT2D eigenvalue weighted by Crippen LogP contribution is -2.34. The molecule has 4 nitrogen and oxygen atoms in total. The number of nitrogens with one attached hydrogen (secondary N) is 2. The van der Waals surface area contributed by atoms with Gasteiger partial charge in [0.2, 0.25) is 10.0 Å². The van der Waals surface area contributed by atoms with Crippen LogP contribution in [0, 0.1) is 12.8 Å². The lowest BCUT2D eigenvalue weighted by Gasteiger charge is -2.12. The number of rotatable bonds is 7. The fraction of sp³-hybridized carbons (Fsp3) is 0.714. The third kappa shape index (κ3) is 4.04. The number of hydrogen-bond acceptors (Lipinski definition) is 4. The molecule has 20 heavy (non-hydrogen) atoms. The summed E-state index contributed by atoms with van der Waals surface area (Å²) >= 11 is 1.55. The zero-order valence-corrected chi connectivity index (χ0v) is 14.2. The Morgan fingerprint density at radius 2 is 2.00 bits per heavy atom. The zero-order chi connectivity index (χ0) is 14.9. The first-order chi connectivity index (χ1) is 9.29. The summed E-state index contributed by atoms with van der Waals surface area (Å²) in [4.78, 5) is 2.37. The molecule has 2 rings (SSSR count). The lowest BCUT2D eigenvalue weighted by molar-refractivity contribution is 0.538. The van der Waals surface area contributed by atoms with Gasteiger partial charge in [0.15, 0.2) is 0 Å². The normalized spacial score (nSPS) is 17.6. The molecule has 1 saturated carbocycles. The molecule has 114 valence electrons. The molecule has 0 saturated heterocycles. The number of aryl methyl sites for hydroxylation is 1. The van der Waals surface area contributed by atoms with Gasteiger partial charge < -0.3 is 5.32 Å². The molecule has 1 atom stereocenters. The van der Waals surface area contributed by atoms with Gasteiger partial charge in [-0.2, -0.15) is 0 Å². The second-order valence-electron chi connectivity index (χ2n) is 5.92. The van der Waals surface area contributed by atoms with Crippen molar-refractivity contribution in [3.8, 4) is 0 Å². The largest absolute Gasteiger partial charge is 0.310 e. The van der Waals surface area contributed by atoms with E-state index in [0.717, 1.165) is 29.1 Å². The monoisotopic (exact) mass is 316 g/mol. The molecule has 0 amide bonds. The number of sulfonamides is 1. The zero-order valence-electron chi connectivity index (χ0n) is 12.6. The maximum Gasteiger partial charge on any atom is 0.241 e. The van der Waals surface area contributed by atoms with Crippen molar-refractivity contribution in [1.82, 2.24) is 10.0 Å². The second kappa shape index (κ2) is 6.13. The lowest BCUT2D eigenvalue weighted by atomic mass is 10.2. The highest BCUT2D eigenvalue weighted by atomic mass is 32.2. The molecule has 1 aromatic rings. The highest BCUT2D eigenvalue weighted by Crippen LogP contribution is 2.33. The minimum absolute atomic E-state index is 0.0385. The number of hydrogen-bond donors (Lipinski definition) is 2. The molecule has 0 spiro atoms. The Morgan fingerprint density at radius 1 is 1.35 bits per heavy atom. The van der Waals surface area contributed by atoms with E-state index in [1.54, 1.807) is 17.4 Å². The van der Waals surface area contributed by atoms with E-state index in [0.29, 0.717) is 16.9 Å². The molecule has 0 aromatic carbocycles. The highest BCUT2D eigenvalue weighted by molar-refractivity contribution is 7.89. The summed E-state index contributed by atoms with van der Waals surface area (Å²) in [7, 11) is -3.38. The average molecular weight is 316 g/mol. The van der Waals surface area contributed by atoms with Crippen LogP contribution in [0.15, 0.2) is 11.0 Å². The topological polar surface area (TPSA) is 58.2 Å². The Balaban J connectivity index is 2.10. The fourth-order valence-corrected chi connectivity index (χ4v) is 5.08. The van der Waals surface area contributed by atoms with E-state index >= 15 is 0 Å². The van der Waals surface area contributed by atoms with Crippen molar-refractivity contribution in [1.29, 1.82) is 0 Å². The van der Waals surface area contributed by atoms with Crippen molar-refractivity contribution >= 4 is 21.4 Å². The van der Waals surface area contributed by atoms with E-state index in [-0.39, 0.29) is 6.04 Å². The molecule has 0 bridgehead atoms. The molecule has 1 aliphatic carbocycles. The van der Waals surface area contributed by atoms with Gasteiger partial charge in [-0.3, -0.25) is 0 Å². The van der Waals surface area contributed by atoms with E-state index in [1.807, 2.05) is 13.8 Å². The van der Waals surface area contributed by atoms with Crippen molar-refractivity contribution in [2.24, 2.45) is 5.92 Å². The van der Waals surface area contributed by atoms with Gasteiger partial charge in [-0.1, -0.05) is 13.8 Å². The Labute approximate surface area is 126 Å². The maximum atomic E-state index is 12.4. The Kier molecular flexibility index (Phi) is 4.89. The van der Waals surface area contributed by atoms with Gasteiger partial charge in [-0.25, -0.2) is 13.1 Å². The van der Waals surface area contributed by atoms with E-state index in [9.17, 15) is 8.42 Å². The van der Waals surface area contributed by atoms with E-state index in [4.69, 9.17) is 0 Å². The summed E-state index contributed by atoms with van der Waals surface area (Å²) in [6, 6.07) is 2.24. The summed E-state index contributed by atoms with van der Waals surface area (Å²) in [6.45, 7) is 8.71. The Bertz CT molecular complexity index is 560. The molecule has 6 heteroatoms. The quantitative estimate of drug-likeness (QED) is 0.813. The molecular weight excluding hydrogens is 292 g/mol. The van der Waals surface area contributed by atoms with Crippen LogP contribution in [0.2, 0.25) is 0 Å². The summed E-state index contributed by atoms with van der Waals surface area (Å²) in [5.74, 6) is 0.519. The third-order valence-corrected chi connectivity index (χ3v) is 6.43. The summed E-state index contributed by atoms with van der Waals surface area (Å²) < 4.78 is 27.7. The highest BCUT2D eigenvalue weighted by Gasteiger charge is 2.32. The molecule has 1 aromatic heterocycles. The summed E-state index contributed by atoms with van der Waals surface area (Å²) in [5, 5.41) is 3.32. The van der Waals surface area contributed by atoms with Crippen LogP contribution in [0.3, 0.4) is 0 Å². The van der Waals surface area contributed by atoms with E-state index in [1.165, 1.54) is 0 Å². The van der Waals surface area contributed by atoms with Gasteiger partial charge in [0, 0.05) is 28.4 Å². The molecule has 0 radical (unpaired) electrons. The van der Waals surface area contributed by atoms with E-state index < -0.39 is 10.0 Å². The minimum atomic E-state index is -3.38. The molecule has 1 heterocycles. The van der Waals surface area contributed by atoms with E-state index in [2.05, 4.69) is 23.9 Å². The van der Waals surface area contributed by atoms with Crippen LogP contribution >= 0.6 is 11.3 Å². The van der Waals surface area contributed by atoms with Gasteiger partial charge in [0.1, 0.15) is 0 Å². The van der Waals surface area contributed by atoms with Crippen LogP contribution in [0.25, 0.3) is 0 Å². The minimum Gasteiger partial charge on any atom is -0.310 e. The predicted molar refractivity (Wildman–Crippen MR) is 83.5 cm³/mol. The fourth-order valence-electron chi connectivity index (χ4n) is 2.18. The molecule has 0 aliphatic heterocycles. The second-order valence-corrected chi connectivity index (χ2v) is 8.94. The van der Waals surface area contributed by atoms with Crippen LogP contribution in [-0.2, 0) is 16.6 Å². The van der Waals surface area contributed by atoms with Gasteiger partial charge in [0.25, 0.3) is 0 Å². The predicted octanol–water partition coefficient (Wildman–Crippen LogP) is 2.63. The van der Waals surface area contributed by atoms with Crippen molar-refractivity contribution < 1.29 is 8.42 Å². The van der Waals surface area contributed by atoms with Gasteiger partial charge in [-0.05, 0) is 38.7 Å². The SMILES string of the molecule is Cc1sc(CNC(C)C)cc1S(=O)(=O)NC(C)C1CC1. The van der Waals surface area contributed by atoms with Crippen molar-refractivity contribution in [3.05, 3.63) is 15.8 Å². The smallest absolute Gasteiger partial charge is 0.241 e. The number of thiophene rings is 1. The molecule has 2 N–H and O–H groups in total. The maximum absolute atomic E-state index is 12.4. The molecule has 1 unspecified atom stereocenters. The van der Waals surface area contributed by atoms with Crippen molar-refractivity contribution in [3.63, 3.8) is 0 Å². The van der Waals surface area contributed by atoms with Crippen LogP contribution in [0.5, 0.6) is 0 Å².